The van der Waals surface area contributed by atoms with Gasteiger partial charge in [-0.2, -0.15) is 0 Å². The molecule has 0 saturated carbocycles. The van der Waals surface area contributed by atoms with Crippen LogP contribution in [-0.2, 0) is 10.2 Å². The first-order chi connectivity index (χ1) is 12.9. The minimum absolute atomic E-state index is 0.0449. The predicted molar refractivity (Wildman–Crippen MR) is 103 cm³/mol. The molecular formula is C21H26FN3O2. The van der Waals surface area contributed by atoms with Gasteiger partial charge in [0.05, 0.1) is 23.7 Å². The Morgan fingerprint density at radius 3 is 2.74 bits per heavy atom. The minimum atomic E-state index is -0.486. The van der Waals surface area contributed by atoms with Gasteiger partial charge in [-0.15, -0.1) is 0 Å². The van der Waals surface area contributed by atoms with E-state index in [1.54, 1.807) is 0 Å². The number of amides is 2. The number of aromatic nitrogens is 1. The molecule has 0 bridgehead atoms. The number of carbonyl (C=O) groups excluding carboxylic acids is 1. The first-order valence-electron chi connectivity index (χ1n) is 9.24. The van der Waals surface area contributed by atoms with Gasteiger partial charge in [-0.3, -0.25) is 4.98 Å². The molecule has 144 valence electrons. The van der Waals surface area contributed by atoms with Crippen LogP contribution in [0.3, 0.4) is 0 Å². The number of rotatable bonds is 5. The summed E-state index contributed by atoms with van der Waals surface area (Å²) in [6.45, 7) is 5.43. The van der Waals surface area contributed by atoms with Crippen LogP contribution in [0.4, 0.5) is 14.9 Å². The number of hydrogen-bond donors (Lipinski definition) is 2. The number of nitrogens with one attached hydrogen (secondary N) is 2. The molecule has 1 aliphatic heterocycles. The quantitative estimate of drug-likeness (QED) is 0.825. The van der Waals surface area contributed by atoms with Gasteiger partial charge in [-0.25, -0.2) is 9.18 Å². The number of nitrogens with zero attached hydrogens (tertiary/aromatic N) is 1. The molecule has 2 aromatic rings. The Labute approximate surface area is 159 Å². The molecular weight excluding hydrogens is 345 g/mol. The van der Waals surface area contributed by atoms with E-state index in [1.165, 1.54) is 17.8 Å². The molecule has 2 N–H and O–H groups in total. The largest absolute Gasteiger partial charge is 0.376 e. The van der Waals surface area contributed by atoms with Crippen LogP contribution in [0.5, 0.6) is 0 Å². The van der Waals surface area contributed by atoms with E-state index in [4.69, 9.17) is 4.74 Å². The van der Waals surface area contributed by atoms with Crippen molar-refractivity contribution in [1.82, 2.24) is 10.3 Å². The van der Waals surface area contributed by atoms with Crippen molar-refractivity contribution in [3.63, 3.8) is 0 Å². The van der Waals surface area contributed by atoms with Crippen molar-refractivity contribution in [2.75, 3.05) is 18.5 Å². The van der Waals surface area contributed by atoms with Gasteiger partial charge in [0.1, 0.15) is 5.82 Å². The second-order valence-corrected chi connectivity index (χ2v) is 7.70. The molecule has 1 aromatic heterocycles. The second kappa shape index (κ2) is 8.05. The number of pyridine rings is 1. The van der Waals surface area contributed by atoms with E-state index < -0.39 is 5.82 Å². The van der Waals surface area contributed by atoms with Crippen LogP contribution in [0.2, 0.25) is 0 Å². The smallest absolute Gasteiger partial charge is 0.319 e. The molecule has 6 heteroatoms. The molecule has 0 spiro atoms. The van der Waals surface area contributed by atoms with Crippen LogP contribution in [-0.4, -0.2) is 29.8 Å². The molecule has 0 radical (unpaired) electrons. The van der Waals surface area contributed by atoms with E-state index in [-0.39, 0.29) is 17.0 Å². The number of hydrogen-bond acceptors (Lipinski definition) is 3. The van der Waals surface area contributed by atoms with E-state index in [1.807, 2.05) is 6.07 Å². The number of ether oxygens (including phenoxy) is 1. The van der Waals surface area contributed by atoms with E-state index in [9.17, 15) is 9.18 Å². The van der Waals surface area contributed by atoms with Crippen LogP contribution < -0.4 is 10.6 Å². The predicted octanol–water partition coefficient (Wildman–Crippen LogP) is 4.26. The first-order valence-corrected chi connectivity index (χ1v) is 9.24. The summed E-state index contributed by atoms with van der Waals surface area (Å²) >= 11 is 0. The SMILES string of the molecule is CC1(C)C[C@@](CCNC(=O)Nc2cncc(F)c2)(c2ccccc2)CCO1. The second-order valence-electron chi connectivity index (χ2n) is 7.70. The number of benzene rings is 1. The van der Waals surface area contributed by atoms with Crippen LogP contribution >= 0.6 is 0 Å². The summed E-state index contributed by atoms with van der Waals surface area (Å²) in [6.07, 6.45) is 5.12. The zero-order valence-electron chi connectivity index (χ0n) is 15.8. The summed E-state index contributed by atoms with van der Waals surface area (Å²) in [4.78, 5) is 15.9. The molecule has 1 aliphatic rings. The first kappa shape index (κ1) is 19.3. The minimum Gasteiger partial charge on any atom is -0.376 e. The molecule has 0 aliphatic carbocycles. The summed E-state index contributed by atoms with van der Waals surface area (Å²) in [5, 5.41) is 5.49. The summed E-state index contributed by atoms with van der Waals surface area (Å²) in [5.74, 6) is -0.486. The fraction of sp³-hybridized carbons (Fsp3) is 0.429. The Bertz CT molecular complexity index is 782. The Hall–Kier alpha value is -2.47. The van der Waals surface area contributed by atoms with Crippen LogP contribution in [0, 0.1) is 5.82 Å². The van der Waals surface area contributed by atoms with E-state index in [2.05, 4.69) is 53.7 Å². The fourth-order valence-corrected chi connectivity index (χ4v) is 3.94. The van der Waals surface area contributed by atoms with E-state index >= 15 is 0 Å². The normalized spacial score (nSPS) is 21.4. The number of urea groups is 1. The van der Waals surface area contributed by atoms with Gasteiger partial charge >= 0.3 is 6.03 Å². The van der Waals surface area contributed by atoms with Gasteiger partial charge in [0.25, 0.3) is 0 Å². The van der Waals surface area contributed by atoms with Crippen LogP contribution in [0.15, 0.2) is 48.8 Å². The van der Waals surface area contributed by atoms with Crippen molar-refractivity contribution in [2.45, 2.75) is 44.1 Å². The zero-order chi connectivity index (χ0) is 19.3. The maximum Gasteiger partial charge on any atom is 0.319 e. The van der Waals surface area contributed by atoms with Gasteiger partial charge in [0.15, 0.2) is 0 Å². The Morgan fingerprint density at radius 1 is 1.26 bits per heavy atom. The van der Waals surface area contributed by atoms with Crippen molar-refractivity contribution in [3.05, 3.63) is 60.2 Å². The van der Waals surface area contributed by atoms with E-state index in [0.29, 0.717) is 18.8 Å². The van der Waals surface area contributed by atoms with Gasteiger partial charge in [0, 0.05) is 24.6 Å². The standard InChI is InChI=1S/C21H26FN3O2/c1-20(2)15-21(9-11-27-20,16-6-4-3-5-7-16)8-10-24-19(26)25-18-12-17(22)13-23-14-18/h3-7,12-14H,8-11,15H2,1-2H3,(H2,24,25,26)/t21-/m0/s1. The lowest BCUT2D eigenvalue weighted by Crippen LogP contribution is -2.46. The third-order valence-corrected chi connectivity index (χ3v) is 5.08. The number of halogens is 1. The Morgan fingerprint density at radius 2 is 2.04 bits per heavy atom. The third-order valence-electron chi connectivity index (χ3n) is 5.08. The molecule has 27 heavy (non-hydrogen) atoms. The summed E-state index contributed by atoms with van der Waals surface area (Å²) < 4.78 is 19.1. The average molecular weight is 371 g/mol. The Kier molecular flexibility index (Phi) is 5.75. The lowest BCUT2D eigenvalue weighted by atomic mass is 9.67. The van der Waals surface area contributed by atoms with Crippen molar-refractivity contribution in [2.24, 2.45) is 0 Å². The van der Waals surface area contributed by atoms with Crippen molar-refractivity contribution < 1.29 is 13.9 Å². The topological polar surface area (TPSA) is 63.2 Å². The van der Waals surface area contributed by atoms with Gasteiger partial charge < -0.3 is 15.4 Å². The third kappa shape index (κ3) is 5.04. The molecule has 2 heterocycles. The maximum atomic E-state index is 13.2. The highest BCUT2D eigenvalue weighted by molar-refractivity contribution is 5.88. The molecule has 5 nitrogen and oxygen atoms in total. The van der Waals surface area contributed by atoms with Crippen LogP contribution in [0.25, 0.3) is 0 Å². The molecule has 3 rings (SSSR count). The van der Waals surface area contributed by atoms with Crippen molar-refractivity contribution in [3.8, 4) is 0 Å². The van der Waals surface area contributed by atoms with Gasteiger partial charge in [0.2, 0.25) is 0 Å². The van der Waals surface area contributed by atoms with Crippen molar-refractivity contribution >= 4 is 11.7 Å². The highest BCUT2D eigenvalue weighted by Crippen LogP contribution is 2.43. The average Bonchev–Trinajstić information content (AvgIpc) is 2.61. The fourth-order valence-electron chi connectivity index (χ4n) is 3.94. The summed E-state index contributed by atoms with van der Waals surface area (Å²) in [7, 11) is 0. The van der Waals surface area contributed by atoms with Crippen LogP contribution in [0.1, 0.15) is 38.7 Å². The monoisotopic (exact) mass is 371 g/mol. The van der Waals surface area contributed by atoms with Crippen molar-refractivity contribution in [1.29, 1.82) is 0 Å². The number of carbonyl (C=O) groups is 1. The molecule has 0 unspecified atom stereocenters. The highest BCUT2D eigenvalue weighted by atomic mass is 19.1. The molecule has 1 atom stereocenters. The zero-order valence-corrected chi connectivity index (χ0v) is 15.8. The summed E-state index contributed by atoms with van der Waals surface area (Å²) in [5.41, 5.74) is 1.36. The molecule has 1 saturated heterocycles. The highest BCUT2D eigenvalue weighted by Gasteiger charge is 2.41. The maximum absolute atomic E-state index is 13.2. The molecule has 2 amide bonds. The van der Waals surface area contributed by atoms with E-state index in [0.717, 1.165) is 25.5 Å². The molecule has 1 fully saturated rings. The van der Waals surface area contributed by atoms with Gasteiger partial charge in [-0.1, -0.05) is 30.3 Å². The molecule has 1 aromatic carbocycles. The lowest BCUT2D eigenvalue weighted by Gasteiger charge is -2.45. The lowest BCUT2D eigenvalue weighted by molar-refractivity contribution is -0.0838. The number of anilines is 1. The Balaban J connectivity index is 1.64. The summed E-state index contributed by atoms with van der Waals surface area (Å²) in [6, 6.07) is 11.3. The van der Waals surface area contributed by atoms with Gasteiger partial charge in [-0.05, 0) is 38.7 Å².